The summed E-state index contributed by atoms with van der Waals surface area (Å²) in [5.74, 6) is -0.630. The summed E-state index contributed by atoms with van der Waals surface area (Å²) in [6.07, 6.45) is 4.14. The number of piperidine rings is 1. The van der Waals surface area contributed by atoms with Gasteiger partial charge in [-0.2, -0.15) is 0 Å². The lowest BCUT2D eigenvalue weighted by Crippen LogP contribution is -2.54. The van der Waals surface area contributed by atoms with E-state index in [1.807, 2.05) is 29.2 Å². The van der Waals surface area contributed by atoms with Crippen LogP contribution in [0.2, 0.25) is 0 Å². The van der Waals surface area contributed by atoms with E-state index >= 15 is 0 Å². The van der Waals surface area contributed by atoms with Crippen molar-refractivity contribution >= 4 is 46.7 Å². The number of piperazine rings is 1. The molecule has 0 saturated carbocycles. The minimum atomic E-state index is -1.000. The summed E-state index contributed by atoms with van der Waals surface area (Å²) in [5.41, 5.74) is 10.3. The van der Waals surface area contributed by atoms with Crippen molar-refractivity contribution in [3.63, 3.8) is 0 Å². The molecule has 1 atom stereocenters. The van der Waals surface area contributed by atoms with Crippen LogP contribution in [-0.4, -0.2) is 117 Å². The Kier molecular flexibility index (Phi) is 11.9. The van der Waals surface area contributed by atoms with Crippen LogP contribution in [0.1, 0.15) is 71.2 Å². The number of hydrogen-bond acceptors (Lipinski definition) is 13. The fourth-order valence-electron chi connectivity index (χ4n) is 8.25. The van der Waals surface area contributed by atoms with Crippen molar-refractivity contribution in [2.75, 3.05) is 61.8 Å². The van der Waals surface area contributed by atoms with Crippen molar-refractivity contribution in [2.24, 2.45) is 0 Å². The molecule has 0 radical (unpaired) electrons. The summed E-state index contributed by atoms with van der Waals surface area (Å²) in [4.78, 5) is 70.8. The van der Waals surface area contributed by atoms with Crippen LogP contribution < -0.4 is 26.0 Å². The van der Waals surface area contributed by atoms with Gasteiger partial charge >= 0.3 is 0 Å². The van der Waals surface area contributed by atoms with Crippen LogP contribution in [0.3, 0.4) is 0 Å². The monoisotopic (exact) mass is 815 g/mol. The predicted molar refractivity (Wildman–Crippen MR) is 223 cm³/mol. The Bertz CT molecular complexity index is 2270. The van der Waals surface area contributed by atoms with E-state index in [2.05, 4.69) is 42.8 Å². The smallest absolute Gasteiger partial charge is 0.264 e. The Morgan fingerprint density at radius 2 is 1.62 bits per heavy atom. The highest BCUT2D eigenvalue weighted by molar-refractivity contribution is 6.25. The predicted octanol–water partition coefficient (Wildman–Crippen LogP) is 3.81. The van der Waals surface area contributed by atoms with E-state index in [1.54, 1.807) is 36.4 Å². The van der Waals surface area contributed by atoms with Crippen LogP contribution in [0.25, 0.3) is 11.3 Å². The van der Waals surface area contributed by atoms with Gasteiger partial charge in [0.1, 0.15) is 23.6 Å². The average Bonchev–Trinajstić information content (AvgIpc) is 3.49. The maximum atomic E-state index is 13.3. The van der Waals surface area contributed by atoms with Crippen LogP contribution in [-0.2, 0) is 20.9 Å². The topological polar surface area (TPSA) is 204 Å². The number of amides is 5. The van der Waals surface area contributed by atoms with E-state index in [-0.39, 0.29) is 41.7 Å². The van der Waals surface area contributed by atoms with Crippen molar-refractivity contribution in [2.45, 2.75) is 63.6 Å². The molecule has 3 saturated heterocycles. The zero-order valence-corrected chi connectivity index (χ0v) is 33.3. The Morgan fingerprint density at radius 1 is 0.867 bits per heavy atom. The molecule has 60 heavy (non-hydrogen) atoms. The number of phenolic OH excluding ortho intramolecular Hbond substituents is 1. The van der Waals surface area contributed by atoms with Gasteiger partial charge in [0, 0.05) is 63.4 Å². The van der Waals surface area contributed by atoms with E-state index < -0.39 is 29.7 Å². The fraction of sp³-hybridized carbons (Fsp3) is 0.386. The molecule has 312 valence electrons. The Hall–Kier alpha value is -6.55. The number of phenols is 1. The standard InChI is InChI=1S/C44H49N9O7/c45-41-36(24-34(48-49-41)31-8-4-5-11-37(31)54)52-26-30(27-52)60-29-15-13-28(14-16-29)25-50-20-22-51(23-21-50)39(56)12-3-1-2-6-19-46-33-10-7-9-32-40(33)44(59)53(43(32)58)35-17-18-38(55)47-42(35)57/h4-5,7-11,13-16,24,30,35,46,54H,1-3,6,12,17-23,25-27H2,(H2,45,49)(H,47,55,57). The normalized spacial score (nSPS) is 18.3. The van der Waals surface area contributed by atoms with Gasteiger partial charge in [0.25, 0.3) is 11.8 Å². The summed E-state index contributed by atoms with van der Waals surface area (Å²) in [6, 6.07) is 21.1. The Morgan fingerprint density at radius 3 is 2.38 bits per heavy atom. The number of nitrogens with one attached hydrogen (secondary N) is 2. The number of imide groups is 2. The summed E-state index contributed by atoms with van der Waals surface area (Å²) in [6.45, 7) is 5.74. The number of ether oxygens (including phenoxy) is 1. The van der Waals surface area contributed by atoms with Gasteiger partial charge in [-0.3, -0.25) is 39.1 Å². The number of anilines is 3. The number of rotatable bonds is 15. The molecule has 16 nitrogen and oxygen atoms in total. The molecule has 4 aromatic rings. The minimum absolute atomic E-state index is 0.00508. The zero-order valence-electron chi connectivity index (χ0n) is 33.3. The minimum Gasteiger partial charge on any atom is -0.507 e. The first-order chi connectivity index (χ1) is 29.1. The molecule has 0 spiro atoms. The molecule has 8 rings (SSSR count). The van der Waals surface area contributed by atoms with Gasteiger partial charge in [-0.15, -0.1) is 10.2 Å². The van der Waals surface area contributed by atoms with Gasteiger partial charge in [0.2, 0.25) is 17.7 Å². The number of hydrogen-bond donors (Lipinski definition) is 4. The number of unbranched alkanes of at least 4 members (excludes halogenated alkanes) is 3. The summed E-state index contributed by atoms with van der Waals surface area (Å²) in [7, 11) is 0. The molecule has 4 aliphatic rings. The van der Waals surface area contributed by atoms with Gasteiger partial charge in [0.15, 0.2) is 5.82 Å². The van der Waals surface area contributed by atoms with E-state index in [0.29, 0.717) is 61.9 Å². The third-order valence-electron chi connectivity index (χ3n) is 11.6. The summed E-state index contributed by atoms with van der Waals surface area (Å²) < 4.78 is 6.23. The maximum absolute atomic E-state index is 13.3. The molecule has 0 aliphatic carbocycles. The number of benzene rings is 3. The molecule has 4 aliphatic heterocycles. The molecule has 3 aromatic carbocycles. The number of aromatic hydroxyl groups is 1. The van der Waals surface area contributed by atoms with Crippen molar-refractivity contribution < 1.29 is 33.8 Å². The Labute approximate surface area is 347 Å². The summed E-state index contributed by atoms with van der Waals surface area (Å²) >= 11 is 0. The lowest BCUT2D eigenvalue weighted by Gasteiger charge is -2.40. The zero-order chi connectivity index (χ0) is 41.8. The Balaban J connectivity index is 0.702. The third kappa shape index (κ3) is 8.73. The first kappa shape index (κ1) is 40.2. The number of nitrogen functional groups attached to an aromatic ring is 1. The van der Waals surface area contributed by atoms with Crippen molar-refractivity contribution in [3.8, 4) is 22.8 Å². The van der Waals surface area contributed by atoms with Crippen LogP contribution in [0.15, 0.2) is 72.8 Å². The highest BCUT2D eigenvalue weighted by Gasteiger charge is 2.45. The average molecular weight is 816 g/mol. The molecular formula is C44H49N9O7. The molecule has 5 N–H and O–H groups in total. The first-order valence-electron chi connectivity index (χ1n) is 20.6. The molecule has 1 aromatic heterocycles. The van der Waals surface area contributed by atoms with Crippen molar-refractivity contribution in [3.05, 3.63) is 89.5 Å². The van der Waals surface area contributed by atoms with Crippen LogP contribution in [0.5, 0.6) is 11.5 Å². The quantitative estimate of drug-likeness (QED) is 0.0998. The van der Waals surface area contributed by atoms with Gasteiger partial charge in [-0.25, -0.2) is 0 Å². The highest BCUT2D eigenvalue weighted by atomic mass is 16.5. The van der Waals surface area contributed by atoms with E-state index in [1.165, 1.54) is 5.56 Å². The SMILES string of the molecule is Nc1nnc(-c2ccccc2O)cc1N1CC(Oc2ccc(CN3CCN(C(=O)CCCCCCNc4cccc5c4C(=O)N(C4CCC(=O)NC4=O)C5=O)CC3)cc2)C1. The van der Waals surface area contributed by atoms with E-state index in [9.17, 15) is 29.1 Å². The molecule has 3 fully saturated rings. The van der Waals surface area contributed by atoms with Gasteiger partial charge < -0.3 is 30.7 Å². The lowest BCUT2D eigenvalue weighted by atomic mass is 10.0. The molecular weight excluding hydrogens is 767 g/mol. The van der Waals surface area contributed by atoms with Crippen LogP contribution >= 0.6 is 0 Å². The number of carbonyl (C=O) groups excluding carboxylic acids is 5. The number of para-hydroxylation sites is 1. The van der Waals surface area contributed by atoms with E-state index in [0.717, 1.165) is 61.7 Å². The number of carbonyl (C=O) groups is 5. The van der Waals surface area contributed by atoms with Crippen LogP contribution in [0.4, 0.5) is 17.2 Å². The van der Waals surface area contributed by atoms with Crippen molar-refractivity contribution in [1.82, 2.24) is 30.2 Å². The first-order valence-corrected chi connectivity index (χ1v) is 20.6. The second-order valence-electron chi connectivity index (χ2n) is 15.7. The van der Waals surface area contributed by atoms with Gasteiger partial charge in [-0.1, -0.05) is 43.2 Å². The number of nitrogens with two attached hydrogens (primary N) is 1. The number of fused-ring (bicyclic) bond motifs is 1. The fourth-order valence-corrected chi connectivity index (χ4v) is 8.25. The van der Waals surface area contributed by atoms with E-state index in [4.69, 9.17) is 10.5 Å². The largest absolute Gasteiger partial charge is 0.507 e. The van der Waals surface area contributed by atoms with Gasteiger partial charge in [0.05, 0.1) is 35.6 Å². The molecule has 0 bridgehead atoms. The second-order valence-corrected chi connectivity index (χ2v) is 15.7. The molecule has 1 unspecified atom stereocenters. The number of aromatic nitrogens is 2. The second kappa shape index (κ2) is 17.7. The third-order valence-corrected chi connectivity index (χ3v) is 11.6. The van der Waals surface area contributed by atoms with Gasteiger partial charge in [-0.05, 0) is 67.3 Å². The highest BCUT2D eigenvalue weighted by Crippen LogP contribution is 2.35. The molecule has 5 heterocycles. The molecule has 16 heteroatoms. The number of nitrogens with zero attached hydrogens (tertiary/aromatic N) is 6. The molecule has 5 amide bonds. The lowest BCUT2D eigenvalue weighted by molar-refractivity contribution is -0.136. The van der Waals surface area contributed by atoms with Crippen LogP contribution in [0, 0.1) is 0 Å². The summed E-state index contributed by atoms with van der Waals surface area (Å²) in [5, 5.41) is 24.0. The van der Waals surface area contributed by atoms with Crippen molar-refractivity contribution in [1.29, 1.82) is 0 Å². The maximum Gasteiger partial charge on any atom is 0.264 e.